The smallest absolute Gasteiger partial charge is 0.268 e. The molecule has 4 heterocycles. The Morgan fingerprint density at radius 2 is 1.92 bits per heavy atom. The molecular formula is C18H24N4O4. The summed E-state index contributed by atoms with van der Waals surface area (Å²) in [4.78, 5) is 41.5. The number of amides is 3. The molecule has 0 spiro atoms. The number of fused-ring (bicyclic) bond motifs is 2. The molecule has 3 aliphatic heterocycles. The molecular weight excluding hydrogens is 336 g/mol. The van der Waals surface area contributed by atoms with Crippen LogP contribution in [0.4, 0.5) is 0 Å². The lowest BCUT2D eigenvalue weighted by Crippen LogP contribution is -2.66. The van der Waals surface area contributed by atoms with Crippen LogP contribution in [0.15, 0.2) is 18.3 Å². The largest absolute Gasteiger partial charge is 0.380 e. The second-order valence-electron chi connectivity index (χ2n) is 7.35. The summed E-state index contributed by atoms with van der Waals surface area (Å²) in [5.41, 5.74) is 0.584. The van der Waals surface area contributed by atoms with E-state index < -0.39 is 12.1 Å². The molecule has 0 aromatic carbocycles. The third-order valence-corrected chi connectivity index (χ3v) is 5.85. The van der Waals surface area contributed by atoms with Crippen LogP contribution in [0.2, 0.25) is 0 Å². The molecule has 3 aliphatic rings. The van der Waals surface area contributed by atoms with Crippen molar-refractivity contribution in [3.63, 3.8) is 0 Å². The summed E-state index contributed by atoms with van der Waals surface area (Å²) in [6.45, 7) is 0.964. The normalized spacial score (nSPS) is 31.0. The van der Waals surface area contributed by atoms with E-state index in [2.05, 4.69) is 5.32 Å². The van der Waals surface area contributed by atoms with Gasteiger partial charge in [-0.1, -0.05) is 0 Å². The van der Waals surface area contributed by atoms with Gasteiger partial charge in [0.2, 0.25) is 11.8 Å². The summed E-state index contributed by atoms with van der Waals surface area (Å²) in [6.07, 6.45) is 3.42. The third kappa shape index (κ3) is 2.68. The van der Waals surface area contributed by atoms with Gasteiger partial charge in [0.1, 0.15) is 17.8 Å². The zero-order valence-corrected chi connectivity index (χ0v) is 15.1. The Kier molecular flexibility index (Phi) is 4.22. The van der Waals surface area contributed by atoms with Gasteiger partial charge < -0.3 is 24.4 Å². The maximum absolute atomic E-state index is 12.9. The van der Waals surface area contributed by atoms with Gasteiger partial charge in [-0.2, -0.15) is 0 Å². The van der Waals surface area contributed by atoms with Crippen LogP contribution in [0.3, 0.4) is 0 Å². The lowest BCUT2D eigenvalue weighted by atomic mass is 9.92. The van der Waals surface area contributed by atoms with Gasteiger partial charge in [-0.3, -0.25) is 14.4 Å². The highest BCUT2D eigenvalue weighted by molar-refractivity contribution is 5.98. The zero-order chi connectivity index (χ0) is 18.4. The quantitative estimate of drug-likeness (QED) is 0.805. The Bertz CT molecular complexity index is 745. The van der Waals surface area contributed by atoms with E-state index in [0.29, 0.717) is 38.0 Å². The van der Waals surface area contributed by atoms with Crippen LogP contribution in [-0.4, -0.2) is 76.5 Å². The number of nitrogens with zero attached hydrogens (tertiary/aromatic N) is 3. The highest BCUT2D eigenvalue weighted by Crippen LogP contribution is 2.32. The number of hydrogen-bond donors (Lipinski definition) is 1. The maximum Gasteiger partial charge on any atom is 0.268 e. The molecule has 0 saturated carbocycles. The molecule has 8 nitrogen and oxygen atoms in total. The van der Waals surface area contributed by atoms with Gasteiger partial charge >= 0.3 is 0 Å². The molecule has 4 rings (SSSR count). The van der Waals surface area contributed by atoms with Crippen molar-refractivity contribution in [3.8, 4) is 0 Å². The van der Waals surface area contributed by atoms with Crippen LogP contribution in [0, 0.1) is 0 Å². The first-order valence-electron chi connectivity index (χ1n) is 9.05. The summed E-state index contributed by atoms with van der Waals surface area (Å²) >= 11 is 0. The average molecular weight is 360 g/mol. The molecule has 3 saturated heterocycles. The molecule has 1 aromatic heterocycles. The molecule has 4 atom stereocenters. The highest BCUT2D eigenvalue weighted by atomic mass is 16.5. The molecule has 8 heteroatoms. The lowest BCUT2D eigenvalue weighted by molar-refractivity contribution is -0.161. The number of aryl methyl sites for hydroxylation is 1. The summed E-state index contributed by atoms with van der Waals surface area (Å²) < 4.78 is 7.12. The summed E-state index contributed by atoms with van der Waals surface area (Å²) in [5, 5.41) is 3.02. The van der Waals surface area contributed by atoms with E-state index in [1.807, 2.05) is 19.3 Å². The first kappa shape index (κ1) is 17.1. The predicted octanol–water partition coefficient (Wildman–Crippen LogP) is -0.256. The van der Waals surface area contributed by atoms with E-state index in [1.165, 1.54) is 0 Å². The zero-order valence-electron chi connectivity index (χ0n) is 15.1. The monoisotopic (exact) mass is 360 g/mol. The number of nitrogens with one attached hydrogen (secondary N) is 1. The van der Waals surface area contributed by atoms with E-state index in [-0.39, 0.29) is 29.9 Å². The number of rotatable bonds is 3. The average Bonchev–Trinajstić information content (AvgIpc) is 3.26. The maximum atomic E-state index is 12.9. The van der Waals surface area contributed by atoms with Crippen LogP contribution in [-0.2, 0) is 21.4 Å². The number of piperidine rings is 1. The fourth-order valence-corrected chi connectivity index (χ4v) is 4.38. The summed E-state index contributed by atoms with van der Waals surface area (Å²) in [6, 6.07) is 2.59. The first-order chi connectivity index (χ1) is 12.5. The minimum atomic E-state index is -0.484. The van der Waals surface area contributed by atoms with Crippen molar-refractivity contribution in [3.05, 3.63) is 24.0 Å². The van der Waals surface area contributed by atoms with Crippen molar-refractivity contribution < 1.29 is 19.1 Å². The van der Waals surface area contributed by atoms with Gasteiger partial charge in [-0.25, -0.2) is 0 Å². The number of ether oxygens (including phenoxy) is 1. The molecule has 26 heavy (non-hydrogen) atoms. The molecule has 0 aliphatic carbocycles. The van der Waals surface area contributed by atoms with Gasteiger partial charge in [0.25, 0.3) is 5.91 Å². The fraction of sp³-hybridized carbons (Fsp3) is 0.611. The molecule has 3 fully saturated rings. The van der Waals surface area contributed by atoms with Gasteiger partial charge in [0, 0.05) is 45.9 Å². The van der Waals surface area contributed by atoms with Gasteiger partial charge in [0.15, 0.2) is 0 Å². The molecule has 3 amide bonds. The summed E-state index contributed by atoms with van der Waals surface area (Å²) in [7, 11) is 3.43. The Labute approximate surface area is 152 Å². The second kappa shape index (κ2) is 6.42. The predicted molar refractivity (Wildman–Crippen MR) is 92.3 cm³/mol. The third-order valence-electron chi connectivity index (χ3n) is 5.85. The highest BCUT2D eigenvalue weighted by Gasteiger charge is 2.52. The van der Waals surface area contributed by atoms with Crippen LogP contribution < -0.4 is 5.32 Å². The topological polar surface area (TPSA) is 83.9 Å². The van der Waals surface area contributed by atoms with Crippen molar-refractivity contribution in [1.29, 1.82) is 0 Å². The van der Waals surface area contributed by atoms with Crippen LogP contribution >= 0.6 is 0 Å². The fourth-order valence-electron chi connectivity index (χ4n) is 4.38. The molecule has 0 unspecified atom stereocenters. The van der Waals surface area contributed by atoms with Gasteiger partial charge in [0.05, 0.1) is 6.10 Å². The Morgan fingerprint density at radius 3 is 2.62 bits per heavy atom. The van der Waals surface area contributed by atoms with E-state index in [1.54, 1.807) is 27.5 Å². The molecule has 1 N–H and O–H groups in total. The SMILES string of the molecule is CO[C@@H]1C[C@H]2C(=O)N3CC[C@H](NC(=O)c4cccn4C)C[C@H]3C(=O)N2C1. The number of methoxy groups -OCH3 is 1. The number of hydrogen-bond acceptors (Lipinski definition) is 4. The lowest BCUT2D eigenvalue weighted by Gasteiger charge is -2.46. The number of carbonyl (C=O) groups is 3. The minimum Gasteiger partial charge on any atom is -0.380 e. The van der Waals surface area contributed by atoms with E-state index in [0.717, 1.165) is 0 Å². The van der Waals surface area contributed by atoms with Crippen molar-refractivity contribution in [2.45, 2.75) is 43.5 Å². The van der Waals surface area contributed by atoms with E-state index in [4.69, 9.17) is 4.74 Å². The Hall–Kier alpha value is -2.35. The van der Waals surface area contributed by atoms with Crippen LogP contribution in [0.1, 0.15) is 29.8 Å². The van der Waals surface area contributed by atoms with Crippen molar-refractivity contribution in [2.24, 2.45) is 7.05 Å². The van der Waals surface area contributed by atoms with E-state index >= 15 is 0 Å². The van der Waals surface area contributed by atoms with Gasteiger partial charge in [-0.05, 0) is 25.0 Å². The standard InChI is InChI=1S/C18H24N4O4/c1-20-6-3-4-13(20)16(23)19-11-5-7-21-14(8-11)18(25)22-10-12(26-2)9-15(22)17(21)24/h3-4,6,11-12,14-15H,5,7-10H2,1-2H3,(H,19,23)/t11-,12+,14-,15-/m0/s1. The van der Waals surface area contributed by atoms with Crippen molar-refractivity contribution in [1.82, 2.24) is 19.7 Å². The van der Waals surface area contributed by atoms with Crippen LogP contribution in [0.25, 0.3) is 0 Å². The molecule has 140 valence electrons. The first-order valence-corrected chi connectivity index (χ1v) is 9.05. The number of aromatic nitrogens is 1. The molecule has 0 bridgehead atoms. The minimum absolute atomic E-state index is 0.0151. The van der Waals surface area contributed by atoms with Crippen molar-refractivity contribution in [2.75, 3.05) is 20.2 Å². The van der Waals surface area contributed by atoms with Gasteiger partial charge in [-0.15, -0.1) is 0 Å². The van der Waals surface area contributed by atoms with E-state index in [9.17, 15) is 14.4 Å². The second-order valence-corrected chi connectivity index (χ2v) is 7.35. The number of piperazine rings is 1. The molecule has 1 aromatic rings. The summed E-state index contributed by atoms with van der Waals surface area (Å²) in [5.74, 6) is -0.155. The molecule has 0 radical (unpaired) electrons. The Balaban J connectivity index is 1.46. The number of carbonyl (C=O) groups excluding carboxylic acids is 3. The van der Waals surface area contributed by atoms with Crippen LogP contribution in [0.5, 0.6) is 0 Å². The Morgan fingerprint density at radius 1 is 1.19 bits per heavy atom. The van der Waals surface area contributed by atoms with Crippen molar-refractivity contribution >= 4 is 17.7 Å².